The summed E-state index contributed by atoms with van der Waals surface area (Å²) in [6, 6.07) is -14.4. The quantitative estimate of drug-likeness (QED) is 0.189. The van der Waals surface area contributed by atoms with Crippen LogP contribution in [-0.2, 0) is 19.3 Å². The maximum Gasteiger partial charge on any atom is 0.161 e. The highest BCUT2D eigenvalue weighted by Crippen LogP contribution is 2.48. The van der Waals surface area contributed by atoms with E-state index in [-0.39, 0.29) is 55.7 Å². The Morgan fingerprint density at radius 3 is 1.01 bits per heavy atom. The lowest BCUT2D eigenvalue weighted by Crippen LogP contribution is -2.48. The van der Waals surface area contributed by atoms with Crippen molar-refractivity contribution in [2.45, 2.75) is 156 Å². The highest BCUT2D eigenvalue weighted by molar-refractivity contribution is 5.52. The largest absolute Gasteiger partial charge is 0.493 e. The molecule has 0 amide bonds. The molecule has 6 heterocycles. The number of aliphatic hydroxyl groups is 3. The van der Waals surface area contributed by atoms with Gasteiger partial charge in [0.1, 0.15) is 0 Å². The Kier molecular flexibility index (Phi) is 5.99. The van der Waals surface area contributed by atoms with E-state index in [4.69, 9.17) is 98.3 Å². The number of rotatable bonds is 9. The molecule has 9 atom stereocenters. The highest BCUT2D eigenvalue weighted by atomic mass is 16.5. The molecule has 3 saturated heterocycles. The summed E-state index contributed by atoms with van der Waals surface area (Å²) in [5, 5.41) is 34.7. The average molecular weight is 1050 g/mol. The Balaban J connectivity index is 0.000000260. The summed E-state index contributed by atoms with van der Waals surface area (Å²) in [5.41, 5.74) is -14.2. The van der Waals surface area contributed by atoms with Gasteiger partial charge in [-0.25, -0.2) is 0 Å². The number of fused-ring (bicyclic) bond motifs is 9. The Labute approximate surface area is 509 Å². The first-order valence-corrected chi connectivity index (χ1v) is 21.7. The second-order valence-electron chi connectivity index (χ2n) is 16.8. The van der Waals surface area contributed by atoms with Crippen molar-refractivity contribution in [3.63, 3.8) is 0 Å². The van der Waals surface area contributed by atoms with E-state index < -0.39 is 278 Å². The van der Waals surface area contributed by atoms with Crippen LogP contribution in [0.3, 0.4) is 0 Å². The van der Waals surface area contributed by atoms with Crippen LogP contribution in [0.15, 0.2) is 36.3 Å². The fourth-order valence-corrected chi connectivity index (χ4v) is 7.70. The summed E-state index contributed by atoms with van der Waals surface area (Å²) >= 11 is 0. The number of piperidine rings is 3. The van der Waals surface area contributed by atoms with E-state index in [1.165, 1.54) is 0 Å². The van der Waals surface area contributed by atoms with Crippen LogP contribution in [0.4, 0.5) is 0 Å². The lowest BCUT2D eigenvalue weighted by molar-refractivity contribution is -0.0259. The molecule has 12 nitrogen and oxygen atoms in total. The number of benzene rings is 3. The van der Waals surface area contributed by atoms with E-state index in [1.807, 2.05) is 0 Å². The van der Waals surface area contributed by atoms with Gasteiger partial charge in [0.15, 0.2) is 34.5 Å². The lowest BCUT2D eigenvalue weighted by atomic mass is 9.75. The molecule has 12 heteroatoms. The topological polar surface area (TPSA) is 126 Å². The lowest BCUT2D eigenvalue weighted by Gasteiger charge is -2.47. The van der Waals surface area contributed by atoms with Crippen molar-refractivity contribution < 1.29 is 118 Å². The van der Waals surface area contributed by atoms with E-state index in [1.54, 1.807) is 0 Å². The van der Waals surface area contributed by atoms with Crippen LogP contribution in [0.1, 0.15) is 226 Å². The van der Waals surface area contributed by atoms with Crippen molar-refractivity contribution in [2.24, 2.45) is 33.9 Å². The summed E-state index contributed by atoms with van der Waals surface area (Å²) in [5.74, 6) is -15.9. The van der Waals surface area contributed by atoms with E-state index in [0.29, 0.717) is 20.8 Å². The molecule has 6 aliphatic rings. The van der Waals surface area contributed by atoms with Crippen LogP contribution in [0.25, 0.3) is 0 Å². The smallest absolute Gasteiger partial charge is 0.161 e. The summed E-state index contributed by atoms with van der Waals surface area (Å²) in [6.07, 6.45) is -39.3. The third kappa shape index (κ3) is 13.2. The van der Waals surface area contributed by atoms with E-state index in [0.717, 1.165) is 35.5 Å². The minimum atomic E-state index is -4.52. The SMILES string of the molecule is [2H]c1c2c(c([2H])c(OC([2H])([2H])[2H])c1OC)C1([2H])N(CC2)C([2H])([2H])C([2H])(C([2H])([2H])C(C)(C([2H])([2H])[2H])C([2H])([2H])[2H])C([2H])(O)C1([2H])[2H].[2H]c1c2c(c([2H])c(OC)c1OC)C1([2H])N(CC2)C([2H])([2H])C([2H])(C([2H])([2H])C(C)(C([2H])([2H])[2H])C([2H])([2H])[2H])C([2H])(O)C1([2H])[2H].[2H]c1c2c(c([2H])c(OC)c1OC)C1([2H])N(CC2)C([2H])([2H])C([2H])(C([2H])([2H])C(C)(C([2H])([2H])[2H])C([2H])([2H])[2H])C([2H])(O)C1([2H])[2H]. The summed E-state index contributed by atoms with van der Waals surface area (Å²) < 4.78 is 487. The molecule has 9 rings (SSSR count). The van der Waals surface area contributed by atoms with Gasteiger partial charge < -0.3 is 43.7 Å². The minimum Gasteiger partial charge on any atom is -0.493 e. The molecule has 0 bridgehead atoms. The second kappa shape index (κ2) is 23.0. The van der Waals surface area contributed by atoms with Crippen molar-refractivity contribution in [3.8, 4) is 34.5 Å². The van der Waals surface area contributed by atoms with Gasteiger partial charge >= 0.3 is 0 Å². The molecular formula is C60H93N3O9. The van der Waals surface area contributed by atoms with Crippen molar-refractivity contribution in [2.75, 3.05) is 81.7 Å². The standard InChI is InChI=1S/3C20H31NO3/c3*1-20(2,3)11-14-12-21-7-6-13-8-18(23-4)19(24-5)9-15(13)16(21)10-17(14)22/h3*8-9,14,16-17,22H,6-7,10-12H2,1-5H3/i1D3,2D3,5D3,8D,9D,10D2,11D2,12D2,14D,16D,17D;2*1D3,2D3,8D,9D,10D2,11D2,12D2,14D,16D,17D. The number of ether oxygens (including phenoxy) is 6. The Bertz CT molecular complexity index is 4510. The van der Waals surface area contributed by atoms with Crippen LogP contribution in [0.5, 0.6) is 34.5 Å². The third-order valence-corrected chi connectivity index (χ3v) is 10.7. The average Bonchev–Trinajstić information content (AvgIpc) is 0.648. The number of methoxy groups -OCH3 is 6. The van der Waals surface area contributed by atoms with E-state index >= 15 is 0 Å². The van der Waals surface area contributed by atoms with Gasteiger partial charge in [0.25, 0.3) is 0 Å². The van der Waals surface area contributed by atoms with Gasteiger partial charge in [0, 0.05) is 111 Å². The minimum absolute atomic E-state index is 0.151. The molecule has 0 saturated carbocycles. The zero-order chi connectivity index (χ0) is 99.6. The van der Waals surface area contributed by atoms with Gasteiger partial charge in [-0.1, -0.05) is 61.9 Å². The zero-order valence-electron chi connectivity index (χ0n) is 94.4. The van der Waals surface area contributed by atoms with Crippen LogP contribution in [-0.4, -0.2) is 130 Å². The highest BCUT2D eigenvalue weighted by Gasteiger charge is 2.43. The molecule has 3 fully saturated rings. The molecule has 0 radical (unpaired) electrons. The first-order chi connectivity index (χ1) is 55.4. The summed E-state index contributed by atoms with van der Waals surface area (Å²) in [6.45, 7) is -35.7. The molecule has 72 heavy (non-hydrogen) atoms. The molecule has 6 aliphatic heterocycles. The predicted molar refractivity (Wildman–Crippen MR) is 287 cm³/mol. The van der Waals surface area contributed by atoms with Crippen LogP contribution in [0.2, 0.25) is 0 Å². The Morgan fingerprint density at radius 2 is 0.764 bits per heavy atom. The van der Waals surface area contributed by atoms with Crippen molar-refractivity contribution >= 4 is 0 Å². The molecule has 0 aromatic heterocycles. The predicted octanol–water partition coefficient (Wildman–Crippen LogP) is 10.3. The number of nitrogens with zero attached hydrogens (tertiary/aromatic N) is 3. The molecule has 9 unspecified atom stereocenters. The van der Waals surface area contributed by atoms with E-state index in [9.17, 15) is 19.4 Å². The van der Waals surface area contributed by atoms with E-state index in [2.05, 4.69) is 0 Å². The molecular weight excluding hydrogens is 907 g/mol. The number of hydrogen-bond acceptors (Lipinski definition) is 12. The summed E-state index contributed by atoms with van der Waals surface area (Å²) in [4.78, 5) is 0.705. The van der Waals surface area contributed by atoms with Gasteiger partial charge in [0.2, 0.25) is 0 Å². The maximum atomic E-state index is 11.6. The molecule has 0 spiro atoms. The number of hydrogen-bond donors (Lipinski definition) is 3. The van der Waals surface area contributed by atoms with Crippen molar-refractivity contribution in [3.05, 3.63) is 69.6 Å². The molecule has 3 aromatic carbocycles. The fraction of sp³-hybridized carbons (Fsp3) is 0.700. The monoisotopic (exact) mass is 1050 g/mol. The molecule has 402 valence electrons. The van der Waals surface area contributed by atoms with Gasteiger partial charge in [-0.2, -0.15) is 0 Å². The fourth-order valence-electron chi connectivity index (χ4n) is 7.70. The van der Waals surface area contributed by atoms with Crippen LogP contribution in [0, 0.1) is 33.9 Å². The Hall–Kier alpha value is -3.78. The first kappa shape index (κ1) is 18.7. The molecule has 3 aromatic rings. The van der Waals surface area contributed by atoms with Crippen molar-refractivity contribution in [1.29, 1.82) is 0 Å². The van der Waals surface area contributed by atoms with Gasteiger partial charge in [-0.3, -0.25) is 14.7 Å². The second-order valence-corrected chi connectivity index (χ2v) is 16.8. The van der Waals surface area contributed by atoms with Gasteiger partial charge in [-0.05, 0) is 161 Å². The Morgan fingerprint density at radius 1 is 0.500 bits per heavy atom. The van der Waals surface area contributed by atoms with Gasteiger partial charge in [-0.15, -0.1) is 0 Å². The van der Waals surface area contributed by atoms with Gasteiger partial charge in [0.05, 0.1) is 81.4 Å². The third-order valence-electron chi connectivity index (χ3n) is 10.7. The normalized spacial score (nSPS) is 53.5. The molecule has 0 aliphatic carbocycles. The zero-order valence-corrected chi connectivity index (χ0v) is 40.4. The van der Waals surface area contributed by atoms with Crippen molar-refractivity contribution in [1.82, 2.24) is 14.7 Å². The summed E-state index contributed by atoms with van der Waals surface area (Å²) in [7, 11) is 2.22. The first-order valence-electron chi connectivity index (χ1n) is 48.7. The maximum absolute atomic E-state index is 11.6. The van der Waals surface area contributed by atoms with Crippen LogP contribution >= 0.6 is 0 Å². The van der Waals surface area contributed by atoms with Crippen LogP contribution < -0.4 is 28.4 Å². The molecule has 3 N–H and O–H groups in total.